The van der Waals surface area contributed by atoms with Gasteiger partial charge in [0.25, 0.3) is 0 Å². The number of ether oxygens (including phenoxy) is 4. The van der Waals surface area contributed by atoms with Gasteiger partial charge in [0, 0.05) is 25.7 Å². The van der Waals surface area contributed by atoms with Gasteiger partial charge in [0.05, 0.1) is 34.5 Å². The molecule has 2 aromatic carbocycles. The highest BCUT2D eigenvalue weighted by molar-refractivity contribution is 14.0. The maximum Gasteiger partial charge on any atom is 0.203 e. The molecule has 1 unspecified atom stereocenters. The van der Waals surface area contributed by atoms with E-state index in [0.29, 0.717) is 36.3 Å². The molecule has 0 aliphatic heterocycles. The van der Waals surface area contributed by atoms with Crippen LogP contribution < -0.4 is 29.6 Å². The number of benzene rings is 2. The number of nitrogens with one attached hydrogen (secondary N) is 2. The molecule has 9 heteroatoms. The standard InChI is InChI=1S/C23H34N4O4.HI/c1-24-23(25-14-16-12-20(29-5)22(31-7)21(13-16)30-6)26-15-18(27(2)3)17-10-8-9-11-19(17)28-4;/h8-13,18H,14-15H2,1-7H3,(H2,24,25,26);1H. The number of nitrogens with zero attached hydrogens (tertiary/aromatic N) is 2. The highest BCUT2D eigenvalue weighted by Gasteiger charge is 2.19. The molecular formula is C23H35IN4O4. The second kappa shape index (κ2) is 13.9. The van der Waals surface area contributed by atoms with Gasteiger partial charge in [0.1, 0.15) is 5.75 Å². The van der Waals surface area contributed by atoms with E-state index < -0.39 is 0 Å². The van der Waals surface area contributed by atoms with Crippen molar-refractivity contribution >= 4 is 29.9 Å². The van der Waals surface area contributed by atoms with E-state index in [1.165, 1.54) is 0 Å². The van der Waals surface area contributed by atoms with Crippen LogP contribution in [0.25, 0.3) is 0 Å². The molecule has 2 rings (SSSR count). The number of para-hydroxylation sites is 1. The summed E-state index contributed by atoms with van der Waals surface area (Å²) in [4.78, 5) is 6.50. The van der Waals surface area contributed by atoms with Crippen molar-refractivity contribution < 1.29 is 18.9 Å². The summed E-state index contributed by atoms with van der Waals surface area (Å²) in [6.07, 6.45) is 0. The van der Waals surface area contributed by atoms with E-state index in [1.807, 2.05) is 44.4 Å². The maximum absolute atomic E-state index is 5.54. The summed E-state index contributed by atoms with van der Waals surface area (Å²) in [5, 5.41) is 6.74. The number of guanidine groups is 1. The Morgan fingerprint density at radius 2 is 1.50 bits per heavy atom. The second-order valence-electron chi connectivity index (χ2n) is 7.06. The molecule has 0 bridgehead atoms. The molecule has 0 aliphatic rings. The Kier molecular flexibility index (Phi) is 12.0. The van der Waals surface area contributed by atoms with Crippen molar-refractivity contribution in [3.8, 4) is 23.0 Å². The number of halogens is 1. The maximum atomic E-state index is 5.54. The lowest BCUT2D eigenvalue weighted by molar-refractivity contribution is 0.287. The van der Waals surface area contributed by atoms with Crippen LogP contribution in [0.15, 0.2) is 41.4 Å². The lowest BCUT2D eigenvalue weighted by Crippen LogP contribution is -2.41. The van der Waals surface area contributed by atoms with Gasteiger partial charge in [-0.2, -0.15) is 0 Å². The predicted octanol–water partition coefficient (Wildman–Crippen LogP) is 3.31. The van der Waals surface area contributed by atoms with Gasteiger partial charge in [-0.1, -0.05) is 18.2 Å². The summed E-state index contributed by atoms with van der Waals surface area (Å²) in [7, 11) is 12.3. The minimum atomic E-state index is 0. The zero-order chi connectivity index (χ0) is 22.8. The zero-order valence-corrected chi connectivity index (χ0v) is 22.2. The second-order valence-corrected chi connectivity index (χ2v) is 7.06. The highest BCUT2D eigenvalue weighted by Crippen LogP contribution is 2.38. The van der Waals surface area contributed by atoms with Crippen molar-refractivity contribution in [2.45, 2.75) is 12.6 Å². The van der Waals surface area contributed by atoms with Gasteiger partial charge in [-0.3, -0.25) is 4.99 Å². The van der Waals surface area contributed by atoms with Gasteiger partial charge in [-0.25, -0.2) is 0 Å². The molecule has 2 aromatic rings. The van der Waals surface area contributed by atoms with E-state index in [4.69, 9.17) is 18.9 Å². The van der Waals surface area contributed by atoms with Gasteiger partial charge in [-0.05, 0) is 37.9 Å². The Morgan fingerprint density at radius 3 is 2.00 bits per heavy atom. The van der Waals surface area contributed by atoms with Crippen molar-refractivity contribution in [3.05, 3.63) is 47.5 Å². The number of aliphatic imine (C=N–C) groups is 1. The van der Waals surface area contributed by atoms with Crippen molar-refractivity contribution in [3.63, 3.8) is 0 Å². The first-order chi connectivity index (χ1) is 15.0. The van der Waals surface area contributed by atoms with Crippen LogP contribution in [0.5, 0.6) is 23.0 Å². The topological polar surface area (TPSA) is 76.6 Å². The minimum Gasteiger partial charge on any atom is -0.496 e. The molecule has 0 saturated heterocycles. The molecule has 32 heavy (non-hydrogen) atoms. The van der Waals surface area contributed by atoms with Gasteiger partial charge in [-0.15, -0.1) is 24.0 Å². The molecule has 0 radical (unpaired) electrons. The van der Waals surface area contributed by atoms with E-state index in [2.05, 4.69) is 26.6 Å². The largest absolute Gasteiger partial charge is 0.496 e. The predicted molar refractivity (Wildman–Crippen MR) is 139 cm³/mol. The quantitative estimate of drug-likeness (QED) is 0.263. The van der Waals surface area contributed by atoms with Crippen LogP contribution in [0, 0.1) is 0 Å². The molecule has 178 valence electrons. The third kappa shape index (κ3) is 7.06. The van der Waals surface area contributed by atoms with Crippen molar-refractivity contribution in [1.82, 2.24) is 15.5 Å². The van der Waals surface area contributed by atoms with Gasteiger partial charge < -0.3 is 34.5 Å². The molecule has 0 aromatic heterocycles. The average Bonchev–Trinajstić information content (AvgIpc) is 2.80. The Bertz CT molecular complexity index is 852. The van der Waals surface area contributed by atoms with E-state index in [-0.39, 0.29) is 30.0 Å². The summed E-state index contributed by atoms with van der Waals surface area (Å²) in [6.45, 7) is 1.19. The van der Waals surface area contributed by atoms with Crippen LogP contribution in [-0.2, 0) is 6.54 Å². The summed E-state index contributed by atoms with van der Waals surface area (Å²) in [6, 6.07) is 12.0. The zero-order valence-electron chi connectivity index (χ0n) is 19.9. The highest BCUT2D eigenvalue weighted by atomic mass is 127. The van der Waals surface area contributed by atoms with Crippen molar-refractivity contribution in [2.75, 3.05) is 56.1 Å². The molecule has 2 N–H and O–H groups in total. The third-order valence-corrected chi connectivity index (χ3v) is 4.99. The molecule has 0 amide bonds. The number of rotatable bonds is 10. The van der Waals surface area contributed by atoms with Crippen LogP contribution in [-0.4, -0.2) is 67.0 Å². The van der Waals surface area contributed by atoms with Crippen LogP contribution in [0.4, 0.5) is 0 Å². The molecule has 0 saturated carbocycles. The Balaban J connectivity index is 0.00000512. The molecule has 0 heterocycles. The lowest BCUT2D eigenvalue weighted by Gasteiger charge is -2.27. The fraction of sp³-hybridized carbons (Fsp3) is 0.435. The number of likely N-dealkylation sites (N-methyl/N-ethyl adjacent to an activating group) is 1. The van der Waals surface area contributed by atoms with E-state index in [9.17, 15) is 0 Å². The SMILES string of the molecule is CN=C(NCc1cc(OC)c(OC)c(OC)c1)NCC(c1ccccc1OC)N(C)C.I. The molecule has 1 atom stereocenters. The smallest absolute Gasteiger partial charge is 0.203 e. The Labute approximate surface area is 208 Å². The lowest BCUT2D eigenvalue weighted by atomic mass is 10.0. The normalized spacial score (nSPS) is 11.9. The minimum absolute atomic E-state index is 0. The van der Waals surface area contributed by atoms with E-state index in [1.54, 1.807) is 35.5 Å². The van der Waals surface area contributed by atoms with Crippen molar-refractivity contribution in [2.24, 2.45) is 4.99 Å². The van der Waals surface area contributed by atoms with Crippen LogP contribution in [0.2, 0.25) is 0 Å². The molecule has 0 spiro atoms. The molecule has 0 fully saturated rings. The van der Waals surface area contributed by atoms with Gasteiger partial charge in [0.2, 0.25) is 5.75 Å². The molecule has 8 nitrogen and oxygen atoms in total. The first-order valence-corrected chi connectivity index (χ1v) is 10.0. The Hall–Kier alpha value is -2.40. The van der Waals surface area contributed by atoms with Gasteiger partial charge >= 0.3 is 0 Å². The van der Waals surface area contributed by atoms with E-state index >= 15 is 0 Å². The summed E-state index contributed by atoms with van der Waals surface area (Å²) in [5.41, 5.74) is 2.09. The molecule has 0 aliphatic carbocycles. The summed E-state index contributed by atoms with van der Waals surface area (Å²) in [5.74, 6) is 3.36. The van der Waals surface area contributed by atoms with Gasteiger partial charge in [0.15, 0.2) is 17.5 Å². The number of hydrogen-bond acceptors (Lipinski definition) is 6. The van der Waals surface area contributed by atoms with Crippen LogP contribution in [0.3, 0.4) is 0 Å². The fourth-order valence-electron chi connectivity index (χ4n) is 3.35. The first-order valence-electron chi connectivity index (χ1n) is 10.0. The Morgan fingerprint density at radius 1 is 0.906 bits per heavy atom. The average molecular weight is 558 g/mol. The summed E-state index contributed by atoms with van der Waals surface area (Å²) < 4.78 is 21.8. The third-order valence-electron chi connectivity index (χ3n) is 4.99. The number of methoxy groups -OCH3 is 4. The first kappa shape index (κ1) is 27.6. The summed E-state index contributed by atoms with van der Waals surface area (Å²) >= 11 is 0. The van der Waals surface area contributed by atoms with E-state index in [0.717, 1.165) is 16.9 Å². The monoisotopic (exact) mass is 558 g/mol. The molecular weight excluding hydrogens is 523 g/mol. The van der Waals surface area contributed by atoms with Crippen LogP contribution in [0.1, 0.15) is 17.2 Å². The fourth-order valence-corrected chi connectivity index (χ4v) is 3.35. The van der Waals surface area contributed by atoms with Crippen molar-refractivity contribution in [1.29, 1.82) is 0 Å². The number of hydrogen-bond donors (Lipinski definition) is 2. The van der Waals surface area contributed by atoms with Crippen LogP contribution >= 0.6 is 24.0 Å².